The van der Waals surface area contributed by atoms with Gasteiger partial charge in [-0.15, -0.1) is 0 Å². The molecule has 0 fully saturated rings. The number of aromatic nitrogens is 2. The second-order valence-corrected chi connectivity index (χ2v) is 6.14. The van der Waals surface area contributed by atoms with Crippen molar-refractivity contribution in [3.8, 4) is 11.3 Å². The fourth-order valence-electron chi connectivity index (χ4n) is 2.53. The number of halogens is 2. The Labute approximate surface area is 155 Å². The van der Waals surface area contributed by atoms with E-state index in [4.69, 9.17) is 12.2 Å². The van der Waals surface area contributed by atoms with Crippen molar-refractivity contribution >= 4 is 23.0 Å². The number of aryl methyl sites for hydroxylation is 1. The van der Waals surface area contributed by atoms with Crippen LogP contribution in [0.3, 0.4) is 0 Å². The van der Waals surface area contributed by atoms with Gasteiger partial charge in [-0.3, -0.25) is 5.10 Å². The maximum Gasteiger partial charge on any atom is 0.159 e. The van der Waals surface area contributed by atoms with Gasteiger partial charge < -0.3 is 0 Å². The zero-order valence-electron chi connectivity index (χ0n) is 14.0. The number of benzene rings is 3. The maximum absolute atomic E-state index is 12.2. The molecule has 0 atom stereocenters. The molecule has 0 spiro atoms. The molecule has 0 amide bonds. The number of hydrogen-bond donors (Lipinski definition) is 1. The highest BCUT2D eigenvalue weighted by Gasteiger charge is 2.05. The third-order valence-electron chi connectivity index (χ3n) is 3.82. The van der Waals surface area contributed by atoms with Crippen molar-refractivity contribution in [2.45, 2.75) is 6.92 Å². The minimum Gasteiger partial charge on any atom is -0.267 e. The summed E-state index contributed by atoms with van der Waals surface area (Å²) in [5.74, 6) is -1.57. The van der Waals surface area contributed by atoms with Crippen LogP contribution in [-0.2, 0) is 0 Å². The van der Waals surface area contributed by atoms with Gasteiger partial charge >= 0.3 is 0 Å². The van der Waals surface area contributed by atoms with Crippen LogP contribution < -0.4 is 0 Å². The van der Waals surface area contributed by atoms with Crippen LogP contribution in [0.1, 0.15) is 5.56 Å². The molecule has 3 aromatic carbocycles. The van der Waals surface area contributed by atoms with E-state index in [1.165, 1.54) is 6.07 Å². The summed E-state index contributed by atoms with van der Waals surface area (Å²) in [7, 11) is 0. The van der Waals surface area contributed by atoms with E-state index < -0.39 is 11.6 Å². The van der Waals surface area contributed by atoms with Crippen molar-refractivity contribution < 1.29 is 8.78 Å². The maximum atomic E-state index is 12.2. The molecule has 1 N–H and O–H groups in total. The first-order valence-electron chi connectivity index (χ1n) is 8.01. The first kappa shape index (κ1) is 17.9. The van der Waals surface area contributed by atoms with Gasteiger partial charge in [-0.1, -0.05) is 72.9 Å². The Hall–Kier alpha value is -2.92. The van der Waals surface area contributed by atoms with E-state index in [2.05, 4.69) is 10.2 Å². The third-order valence-corrected chi connectivity index (χ3v) is 4.13. The number of rotatable bonds is 1. The summed E-state index contributed by atoms with van der Waals surface area (Å²) in [6, 6.07) is 22.0. The molecular weight excluding hydrogens is 350 g/mol. The van der Waals surface area contributed by atoms with Crippen molar-refractivity contribution in [1.29, 1.82) is 0 Å². The summed E-state index contributed by atoms with van der Waals surface area (Å²) in [6.07, 6.45) is 0. The number of nitrogens with one attached hydrogen (secondary N) is 1. The number of nitrogens with zero attached hydrogens (tertiary/aromatic N) is 1. The Kier molecular flexibility index (Phi) is 5.49. The van der Waals surface area contributed by atoms with Gasteiger partial charge in [-0.2, -0.15) is 5.10 Å². The van der Waals surface area contributed by atoms with Crippen molar-refractivity contribution in [2.75, 3.05) is 0 Å². The summed E-state index contributed by atoms with van der Waals surface area (Å²) in [5, 5.41) is 9.38. The van der Waals surface area contributed by atoms with Gasteiger partial charge in [0.25, 0.3) is 0 Å². The van der Waals surface area contributed by atoms with Crippen LogP contribution in [0.15, 0.2) is 72.8 Å². The highest BCUT2D eigenvalue weighted by molar-refractivity contribution is 7.71. The molecule has 4 aromatic rings. The van der Waals surface area contributed by atoms with Crippen molar-refractivity contribution in [3.05, 3.63) is 94.6 Å². The van der Waals surface area contributed by atoms with E-state index in [0.717, 1.165) is 39.7 Å². The first-order chi connectivity index (χ1) is 12.6. The van der Waals surface area contributed by atoms with Crippen LogP contribution in [0.5, 0.6) is 0 Å². The lowest BCUT2D eigenvalue weighted by Crippen LogP contribution is -1.90. The molecule has 1 heterocycles. The van der Waals surface area contributed by atoms with Gasteiger partial charge in [-0.25, -0.2) is 8.78 Å². The van der Waals surface area contributed by atoms with E-state index in [-0.39, 0.29) is 0 Å². The average Bonchev–Trinajstić information content (AvgIpc) is 2.67. The Morgan fingerprint density at radius 2 is 1.46 bits per heavy atom. The minimum atomic E-state index is -0.791. The van der Waals surface area contributed by atoms with Gasteiger partial charge in [0.15, 0.2) is 11.6 Å². The number of hydrogen-bond acceptors (Lipinski definition) is 2. The molecule has 130 valence electrons. The quantitative estimate of drug-likeness (QED) is 0.404. The van der Waals surface area contributed by atoms with Crippen molar-refractivity contribution in [3.63, 3.8) is 0 Å². The van der Waals surface area contributed by atoms with Gasteiger partial charge in [-0.05, 0) is 24.6 Å². The highest BCUT2D eigenvalue weighted by Crippen LogP contribution is 2.25. The molecule has 0 saturated carbocycles. The molecule has 0 radical (unpaired) electrons. The van der Waals surface area contributed by atoms with E-state index in [1.807, 2.05) is 54.6 Å². The van der Waals surface area contributed by atoms with Crippen LogP contribution in [0.4, 0.5) is 8.78 Å². The summed E-state index contributed by atoms with van der Waals surface area (Å²) >= 11 is 5.25. The lowest BCUT2D eigenvalue weighted by atomic mass is 10.1. The molecule has 1 aromatic heterocycles. The molecule has 0 aliphatic carbocycles. The molecular formula is C21H16F2N2S. The second-order valence-electron chi connectivity index (χ2n) is 5.73. The van der Waals surface area contributed by atoms with E-state index in [1.54, 1.807) is 6.92 Å². The molecule has 0 bridgehead atoms. The standard InChI is InChI=1S/C14H10N2S.C7H6F2/c17-14-12-9-5-4-8-11(12)13(15-16-14)10-6-2-1-3-7-10;1-5-2-3-6(8)7(9)4-5/h1-9H,(H,16,17);2-4H,1H3. The van der Waals surface area contributed by atoms with Crippen molar-refractivity contribution in [2.24, 2.45) is 0 Å². The first-order valence-corrected chi connectivity index (χ1v) is 8.41. The monoisotopic (exact) mass is 366 g/mol. The van der Waals surface area contributed by atoms with Crippen LogP contribution >= 0.6 is 12.2 Å². The Morgan fingerprint density at radius 3 is 2.12 bits per heavy atom. The zero-order chi connectivity index (χ0) is 18.5. The summed E-state index contributed by atoms with van der Waals surface area (Å²) in [6.45, 7) is 1.71. The third kappa shape index (κ3) is 4.00. The fraction of sp³-hybridized carbons (Fsp3) is 0.0476. The van der Waals surface area contributed by atoms with Crippen LogP contribution in [-0.4, -0.2) is 10.2 Å². The summed E-state index contributed by atoms with van der Waals surface area (Å²) in [5.41, 5.74) is 2.76. The second kappa shape index (κ2) is 7.97. The smallest absolute Gasteiger partial charge is 0.159 e. The predicted octanol–water partition coefficient (Wildman–Crippen LogP) is 6.23. The molecule has 26 heavy (non-hydrogen) atoms. The van der Waals surface area contributed by atoms with Crippen molar-refractivity contribution in [1.82, 2.24) is 10.2 Å². The largest absolute Gasteiger partial charge is 0.267 e. The zero-order valence-corrected chi connectivity index (χ0v) is 14.9. The number of aromatic amines is 1. The van der Waals surface area contributed by atoms with E-state index in [0.29, 0.717) is 4.64 Å². The molecule has 2 nitrogen and oxygen atoms in total. The van der Waals surface area contributed by atoms with Crippen LogP contribution in [0, 0.1) is 23.2 Å². The molecule has 5 heteroatoms. The fourth-order valence-corrected chi connectivity index (χ4v) is 2.76. The van der Waals surface area contributed by atoms with E-state index in [9.17, 15) is 8.78 Å². The summed E-state index contributed by atoms with van der Waals surface area (Å²) < 4.78 is 25.0. The lowest BCUT2D eigenvalue weighted by Gasteiger charge is -2.05. The molecule has 0 aliphatic rings. The van der Waals surface area contributed by atoms with Crippen LogP contribution in [0.25, 0.3) is 22.0 Å². The Bertz CT molecular complexity index is 1090. The van der Waals surface area contributed by atoms with Gasteiger partial charge in [0, 0.05) is 16.3 Å². The predicted molar refractivity (Wildman–Crippen MR) is 103 cm³/mol. The van der Waals surface area contributed by atoms with Gasteiger partial charge in [0.05, 0.1) is 5.69 Å². The van der Waals surface area contributed by atoms with Gasteiger partial charge in [0.1, 0.15) is 4.64 Å². The molecule has 0 aliphatic heterocycles. The normalized spacial score (nSPS) is 10.3. The Morgan fingerprint density at radius 1 is 0.808 bits per heavy atom. The summed E-state index contributed by atoms with van der Waals surface area (Å²) in [4.78, 5) is 0. The number of H-pyrrole nitrogens is 1. The SMILES string of the molecule is Cc1ccc(F)c(F)c1.S=c1[nH]nc(-c2ccccc2)c2ccccc12. The average molecular weight is 366 g/mol. The highest BCUT2D eigenvalue weighted by atomic mass is 32.1. The topological polar surface area (TPSA) is 28.7 Å². The number of fused-ring (bicyclic) bond motifs is 1. The minimum absolute atomic E-state index is 0.681. The molecule has 4 rings (SSSR count). The van der Waals surface area contributed by atoms with Crippen LogP contribution in [0.2, 0.25) is 0 Å². The lowest BCUT2D eigenvalue weighted by molar-refractivity contribution is 0.508. The van der Waals surface area contributed by atoms with E-state index >= 15 is 0 Å². The molecule has 0 saturated heterocycles. The van der Waals surface area contributed by atoms with Gasteiger partial charge in [0.2, 0.25) is 0 Å². The Balaban J connectivity index is 0.000000185. The molecule has 0 unspecified atom stereocenters.